The zero-order chi connectivity index (χ0) is 25.6. The summed E-state index contributed by atoms with van der Waals surface area (Å²) in [7, 11) is -3.89. The monoisotopic (exact) mass is 503 g/mol. The molecule has 1 unspecified atom stereocenters. The van der Waals surface area contributed by atoms with E-state index >= 15 is 0 Å². The lowest BCUT2D eigenvalue weighted by Crippen LogP contribution is -2.53. The molecule has 3 rings (SSSR count). The van der Waals surface area contributed by atoms with Crippen molar-refractivity contribution in [2.24, 2.45) is 0 Å². The van der Waals surface area contributed by atoms with Crippen LogP contribution in [0.4, 0.5) is 10.1 Å². The largest absolute Gasteiger partial charge is 0.352 e. The SMILES string of the molecule is Cc1cccc(CN(C(=O)CN(c2cccc(F)c2)S(C)(=O)=O)C(C)C(=O)NC2CCCCC2)c1. The number of benzene rings is 2. The molecule has 1 aliphatic carbocycles. The first-order chi connectivity index (χ1) is 16.5. The second kappa shape index (κ2) is 11.7. The van der Waals surface area contributed by atoms with Gasteiger partial charge in [0.05, 0.1) is 11.9 Å². The van der Waals surface area contributed by atoms with E-state index in [4.69, 9.17) is 0 Å². The number of anilines is 1. The lowest BCUT2D eigenvalue weighted by atomic mass is 9.95. The van der Waals surface area contributed by atoms with Crippen LogP contribution < -0.4 is 9.62 Å². The van der Waals surface area contributed by atoms with Crippen LogP contribution >= 0.6 is 0 Å². The molecule has 0 bridgehead atoms. The Morgan fingerprint density at radius 2 is 1.77 bits per heavy atom. The number of carbonyl (C=O) groups is 2. The van der Waals surface area contributed by atoms with E-state index in [2.05, 4.69) is 5.32 Å². The van der Waals surface area contributed by atoms with Crippen LogP contribution in [0.2, 0.25) is 0 Å². The number of sulfonamides is 1. The van der Waals surface area contributed by atoms with E-state index in [1.54, 1.807) is 6.92 Å². The topological polar surface area (TPSA) is 86.8 Å². The molecule has 35 heavy (non-hydrogen) atoms. The first-order valence-corrected chi connectivity index (χ1v) is 13.8. The number of rotatable bonds is 9. The molecule has 1 N–H and O–H groups in total. The van der Waals surface area contributed by atoms with Gasteiger partial charge in [-0.2, -0.15) is 0 Å². The van der Waals surface area contributed by atoms with Gasteiger partial charge in [0.25, 0.3) is 0 Å². The maximum Gasteiger partial charge on any atom is 0.244 e. The number of halogens is 1. The van der Waals surface area contributed by atoms with Crippen molar-refractivity contribution < 1.29 is 22.4 Å². The highest BCUT2D eigenvalue weighted by Gasteiger charge is 2.31. The molecule has 2 amide bonds. The van der Waals surface area contributed by atoms with Gasteiger partial charge in [-0.3, -0.25) is 13.9 Å². The second-order valence-corrected chi connectivity index (χ2v) is 11.2. The van der Waals surface area contributed by atoms with Gasteiger partial charge in [0.2, 0.25) is 21.8 Å². The molecule has 1 saturated carbocycles. The summed E-state index contributed by atoms with van der Waals surface area (Å²) in [6.07, 6.45) is 6.05. The van der Waals surface area contributed by atoms with Crippen LogP contribution in [0.3, 0.4) is 0 Å². The molecule has 7 nitrogen and oxygen atoms in total. The molecule has 0 saturated heterocycles. The third kappa shape index (κ3) is 7.52. The number of aryl methyl sites for hydroxylation is 1. The van der Waals surface area contributed by atoms with Crippen LogP contribution in [0.1, 0.15) is 50.2 Å². The Labute approximate surface area is 207 Å². The van der Waals surface area contributed by atoms with E-state index in [0.29, 0.717) is 0 Å². The van der Waals surface area contributed by atoms with E-state index in [1.807, 2.05) is 31.2 Å². The van der Waals surface area contributed by atoms with Crippen molar-refractivity contribution in [2.45, 2.75) is 64.6 Å². The molecule has 2 aromatic rings. The molecular weight excluding hydrogens is 469 g/mol. The van der Waals surface area contributed by atoms with Gasteiger partial charge in [-0.05, 0) is 50.5 Å². The molecule has 0 spiro atoms. The zero-order valence-corrected chi connectivity index (χ0v) is 21.4. The average Bonchev–Trinajstić information content (AvgIpc) is 2.80. The molecule has 1 fully saturated rings. The summed E-state index contributed by atoms with van der Waals surface area (Å²) in [6, 6.07) is 11.9. The first kappa shape index (κ1) is 26.7. The van der Waals surface area contributed by atoms with E-state index in [1.165, 1.54) is 23.1 Å². The van der Waals surface area contributed by atoms with Crippen molar-refractivity contribution in [3.8, 4) is 0 Å². The summed E-state index contributed by atoms with van der Waals surface area (Å²) >= 11 is 0. The zero-order valence-electron chi connectivity index (χ0n) is 20.5. The number of nitrogens with one attached hydrogen (secondary N) is 1. The van der Waals surface area contributed by atoms with E-state index in [9.17, 15) is 22.4 Å². The summed E-state index contributed by atoms with van der Waals surface area (Å²) in [5, 5.41) is 3.06. The molecule has 0 heterocycles. The summed E-state index contributed by atoms with van der Waals surface area (Å²) in [6.45, 7) is 3.18. The standard InChI is InChI=1S/C26H34FN3O4S/c1-19-9-7-10-21(15-19)17-29(20(2)26(32)28-23-12-5-4-6-13-23)25(31)18-30(35(3,33)34)24-14-8-11-22(27)16-24/h7-11,14-16,20,23H,4-6,12-13,17-18H2,1-3H3,(H,28,32). The highest BCUT2D eigenvalue weighted by Crippen LogP contribution is 2.21. The Bertz CT molecular complexity index is 1150. The molecular formula is C26H34FN3O4S. The molecule has 2 aromatic carbocycles. The summed E-state index contributed by atoms with van der Waals surface area (Å²) < 4.78 is 39.7. The fourth-order valence-corrected chi connectivity index (χ4v) is 5.24. The van der Waals surface area contributed by atoms with Crippen molar-refractivity contribution in [2.75, 3.05) is 17.1 Å². The molecule has 190 valence electrons. The number of carbonyl (C=O) groups excluding carboxylic acids is 2. The minimum absolute atomic E-state index is 0.0515. The van der Waals surface area contributed by atoms with Gasteiger partial charge in [-0.15, -0.1) is 0 Å². The van der Waals surface area contributed by atoms with Crippen LogP contribution in [-0.2, 0) is 26.2 Å². The summed E-state index contributed by atoms with van der Waals surface area (Å²) in [5.41, 5.74) is 1.88. The molecule has 1 atom stereocenters. The predicted molar refractivity (Wildman–Crippen MR) is 135 cm³/mol. The Kier molecular flexibility index (Phi) is 8.88. The third-order valence-electron chi connectivity index (χ3n) is 6.33. The highest BCUT2D eigenvalue weighted by molar-refractivity contribution is 7.92. The lowest BCUT2D eigenvalue weighted by Gasteiger charge is -2.33. The van der Waals surface area contributed by atoms with Gasteiger partial charge in [0.15, 0.2) is 0 Å². The van der Waals surface area contributed by atoms with Crippen LogP contribution in [0.5, 0.6) is 0 Å². The van der Waals surface area contributed by atoms with Gasteiger partial charge in [0.1, 0.15) is 18.4 Å². The van der Waals surface area contributed by atoms with Crippen LogP contribution in [0, 0.1) is 12.7 Å². The smallest absolute Gasteiger partial charge is 0.244 e. The normalized spacial score (nSPS) is 15.3. The van der Waals surface area contributed by atoms with Gasteiger partial charge in [-0.1, -0.05) is 55.2 Å². The van der Waals surface area contributed by atoms with E-state index in [0.717, 1.165) is 59.9 Å². The maximum atomic E-state index is 13.8. The molecule has 0 aromatic heterocycles. The van der Waals surface area contributed by atoms with Gasteiger partial charge >= 0.3 is 0 Å². The van der Waals surface area contributed by atoms with Gasteiger partial charge in [-0.25, -0.2) is 12.8 Å². The predicted octanol–water partition coefficient (Wildman–Crippen LogP) is 3.77. The van der Waals surface area contributed by atoms with E-state index in [-0.39, 0.29) is 24.2 Å². The fraction of sp³-hybridized carbons (Fsp3) is 0.462. The third-order valence-corrected chi connectivity index (χ3v) is 7.47. The number of hydrogen-bond acceptors (Lipinski definition) is 4. The van der Waals surface area contributed by atoms with E-state index < -0.39 is 34.3 Å². The van der Waals surface area contributed by atoms with Crippen molar-refractivity contribution in [1.82, 2.24) is 10.2 Å². The summed E-state index contributed by atoms with van der Waals surface area (Å²) in [5.74, 6) is -1.43. The quantitative estimate of drug-likeness (QED) is 0.565. The van der Waals surface area contributed by atoms with Crippen LogP contribution in [-0.4, -0.2) is 50.0 Å². The lowest BCUT2D eigenvalue weighted by molar-refractivity contribution is -0.139. The van der Waals surface area contributed by atoms with Crippen molar-refractivity contribution in [3.05, 3.63) is 65.5 Å². The molecule has 0 radical (unpaired) electrons. The highest BCUT2D eigenvalue weighted by atomic mass is 32.2. The fourth-order valence-electron chi connectivity index (χ4n) is 4.40. The maximum absolute atomic E-state index is 13.8. The molecule has 0 aliphatic heterocycles. The minimum Gasteiger partial charge on any atom is -0.352 e. The van der Waals surface area contributed by atoms with Crippen molar-refractivity contribution in [1.29, 1.82) is 0 Å². The van der Waals surface area contributed by atoms with Crippen molar-refractivity contribution >= 4 is 27.5 Å². The van der Waals surface area contributed by atoms with Gasteiger partial charge < -0.3 is 10.2 Å². The van der Waals surface area contributed by atoms with Crippen molar-refractivity contribution in [3.63, 3.8) is 0 Å². The second-order valence-electron chi connectivity index (χ2n) is 9.28. The number of amides is 2. The first-order valence-electron chi connectivity index (χ1n) is 11.9. The Hall–Kier alpha value is -2.94. The van der Waals surface area contributed by atoms with Gasteiger partial charge in [0, 0.05) is 12.6 Å². The Balaban J connectivity index is 1.87. The minimum atomic E-state index is -3.89. The Morgan fingerprint density at radius 1 is 1.09 bits per heavy atom. The molecule has 9 heteroatoms. The van der Waals surface area contributed by atoms with Crippen LogP contribution in [0.15, 0.2) is 48.5 Å². The number of nitrogens with zero attached hydrogens (tertiary/aromatic N) is 2. The number of hydrogen-bond donors (Lipinski definition) is 1. The summed E-state index contributed by atoms with van der Waals surface area (Å²) in [4.78, 5) is 28.1. The average molecular weight is 504 g/mol. The Morgan fingerprint density at radius 3 is 2.40 bits per heavy atom. The molecule has 1 aliphatic rings. The van der Waals surface area contributed by atoms with Crippen LogP contribution in [0.25, 0.3) is 0 Å².